The Morgan fingerprint density at radius 2 is 1.96 bits per heavy atom. The summed E-state index contributed by atoms with van der Waals surface area (Å²) < 4.78 is 0. The van der Waals surface area contributed by atoms with Gasteiger partial charge >= 0.3 is 0 Å². The lowest BCUT2D eigenvalue weighted by Crippen LogP contribution is -2.44. The fourth-order valence-electron chi connectivity index (χ4n) is 3.77. The molecule has 4 rings (SSSR count). The number of aryl methyl sites for hydroxylation is 1. The highest BCUT2D eigenvalue weighted by Gasteiger charge is 2.38. The molecule has 3 heterocycles. The number of nitrogens with one attached hydrogen (secondary N) is 1. The molecule has 0 bridgehead atoms. The molecule has 2 saturated heterocycles. The standard InChI is InChI=1S/C19H23N3OS/c1-14-2-4-15(5-3-14)17-21-16(12-24-17)18(23)22-10-7-19(8-11-22)6-9-20-13-19/h2-5,12,20H,6-11,13H2,1H3. The van der Waals surface area contributed by atoms with Crippen LogP contribution in [0.1, 0.15) is 35.3 Å². The third-order valence-corrected chi connectivity index (χ3v) is 6.36. The van der Waals surface area contributed by atoms with Gasteiger partial charge in [-0.3, -0.25) is 4.79 Å². The number of piperidine rings is 1. The minimum atomic E-state index is 0.0883. The number of aromatic nitrogens is 1. The molecule has 0 atom stereocenters. The van der Waals surface area contributed by atoms with Crippen molar-refractivity contribution in [1.82, 2.24) is 15.2 Å². The molecular formula is C19H23N3OS. The van der Waals surface area contributed by atoms with Crippen LogP contribution in [0.4, 0.5) is 0 Å². The summed E-state index contributed by atoms with van der Waals surface area (Å²) in [6, 6.07) is 8.30. The average Bonchev–Trinajstić information content (AvgIpc) is 3.26. The summed E-state index contributed by atoms with van der Waals surface area (Å²) in [6.07, 6.45) is 3.48. The van der Waals surface area contributed by atoms with Gasteiger partial charge < -0.3 is 10.2 Å². The predicted molar refractivity (Wildman–Crippen MR) is 97.3 cm³/mol. The Balaban J connectivity index is 1.45. The lowest BCUT2D eigenvalue weighted by atomic mass is 9.78. The summed E-state index contributed by atoms with van der Waals surface area (Å²) in [5.74, 6) is 0.0883. The van der Waals surface area contributed by atoms with E-state index in [1.807, 2.05) is 10.3 Å². The van der Waals surface area contributed by atoms with E-state index in [0.717, 1.165) is 49.6 Å². The van der Waals surface area contributed by atoms with Crippen molar-refractivity contribution in [3.63, 3.8) is 0 Å². The van der Waals surface area contributed by atoms with Crippen molar-refractivity contribution in [2.45, 2.75) is 26.2 Å². The third-order valence-electron chi connectivity index (χ3n) is 5.47. The fourth-order valence-corrected chi connectivity index (χ4v) is 4.57. The van der Waals surface area contributed by atoms with E-state index in [-0.39, 0.29) is 5.91 Å². The van der Waals surface area contributed by atoms with Crippen molar-refractivity contribution in [2.75, 3.05) is 26.2 Å². The Morgan fingerprint density at radius 1 is 1.21 bits per heavy atom. The summed E-state index contributed by atoms with van der Waals surface area (Å²) >= 11 is 1.55. The number of likely N-dealkylation sites (tertiary alicyclic amines) is 1. The first-order valence-electron chi connectivity index (χ1n) is 8.68. The maximum atomic E-state index is 12.8. The molecular weight excluding hydrogens is 318 g/mol. The Hall–Kier alpha value is -1.72. The molecule has 0 radical (unpaired) electrons. The molecule has 2 aromatic rings. The molecule has 2 fully saturated rings. The molecule has 1 amide bonds. The van der Waals surface area contributed by atoms with Crippen molar-refractivity contribution in [3.05, 3.63) is 40.9 Å². The first-order valence-corrected chi connectivity index (χ1v) is 9.56. The monoisotopic (exact) mass is 341 g/mol. The first-order chi connectivity index (χ1) is 11.7. The molecule has 1 N–H and O–H groups in total. The Labute approximate surface area is 146 Å². The molecule has 2 aliphatic rings. The minimum absolute atomic E-state index is 0.0883. The maximum absolute atomic E-state index is 12.8. The largest absolute Gasteiger partial charge is 0.337 e. The Kier molecular flexibility index (Phi) is 4.14. The SMILES string of the molecule is Cc1ccc(-c2nc(C(=O)N3CCC4(CCNC4)CC3)cs2)cc1. The smallest absolute Gasteiger partial charge is 0.273 e. The second-order valence-corrected chi connectivity index (χ2v) is 7.98. The minimum Gasteiger partial charge on any atom is -0.337 e. The van der Waals surface area contributed by atoms with Crippen LogP contribution in [0.25, 0.3) is 10.6 Å². The number of thiazole rings is 1. The molecule has 126 valence electrons. The summed E-state index contributed by atoms with van der Waals surface area (Å²) in [6.45, 7) is 6.03. The van der Waals surface area contributed by atoms with E-state index < -0.39 is 0 Å². The molecule has 5 heteroatoms. The van der Waals surface area contributed by atoms with Gasteiger partial charge in [0.1, 0.15) is 10.7 Å². The summed E-state index contributed by atoms with van der Waals surface area (Å²) in [7, 11) is 0. The third kappa shape index (κ3) is 2.98. The first kappa shape index (κ1) is 15.8. The van der Waals surface area contributed by atoms with Gasteiger partial charge in [0.15, 0.2) is 0 Å². The van der Waals surface area contributed by atoms with Gasteiger partial charge in [0.2, 0.25) is 0 Å². The van der Waals surface area contributed by atoms with Gasteiger partial charge in [-0.05, 0) is 38.1 Å². The molecule has 4 nitrogen and oxygen atoms in total. The van der Waals surface area contributed by atoms with Crippen molar-refractivity contribution in [2.24, 2.45) is 5.41 Å². The second kappa shape index (κ2) is 6.30. The molecule has 2 aliphatic heterocycles. The average molecular weight is 341 g/mol. The summed E-state index contributed by atoms with van der Waals surface area (Å²) in [5, 5.41) is 6.29. The number of amides is 1. The second-order valence-electron chi connectivity index (χ2n) is 7.12. The summed E-state index contributed by atoms with van der Waals surface area (Å²) in [4.78, 5) is 19.3. The zero-order valence-corrected chi connectivity index (χ0v) is 14.9. The van der Waals surface area contributed by atoms with Crippen molar-refractivity contribution in [3.8, 4) is 10.6 Å². The van der Waals surface area contributed by atoms with Crippen LogP contribution >= 0.6 is 11.3 Å². The number of carbonyl (C=O) groups is 1. The predicted octanol–water partition coefficient (Wildman–Crippen LogP) is 3.33. The van der Waals surface area contributed by atoms with E-state index in [1.165, 1.54) is 12.0 Å². The highest BCUT2D eigenvalue weighted by Crippen LogP contribution is 2.37. The lowest BCUT2D eigenvalue weighted by molar-refractivity contribution is 0.0603. The van der Waals surface area contributed by atoms with Crippen LogP contribution < -0.4 is 5.32 Å². The van der Waals surface area contributed by atoms with Crippen LogP contribution in [0.2, 0.25) is 0 Å². The Morgan fingerprint density at radius 3 is 2.62 bits per heavy atom. The van der Waals surface area contributed by atoms with Gasteiger partial charge in [-0.25, -0.2) is 4.98 Å². The number of hydrogen-bond acceptors (Lipinski definition) is 4. The highest BCUT2D eigenvalue weighted by atomic mass is 32.1. The van der Waals surface area contributed by atoms with Crippen LogP contribution in [-0.4, -0.2) is 42.0 Å². The lowest BCUT2D eigenvalue weighted by Gasteiger charge is -2.38. The van der Waals surface area contributed by atoms with E-state index in [2.05, 4.69) is 41.5 Å². The van der Waals surface area contributed by atoms with Crippen molar-refractivity contribution < 1.29 is 4.79 Å². The van der Waals surface area contributed by atoms with Crippen LogP contribution in [0.15, 0.2) is 29.6 Å². The molecule has 0 unspecified atom stereocenters. The fraction of sp³-hybridized carbons (Fsp3) is 0.474. The zero-order valence-electron chi connectivity index (χ0n) is 14.0. The van der Waals surface area contributed by atoms with Crippen LogP contribution in [-0.2, 0) is 0 Å². The molecule has 1 aromatic carbocycles. The summed E-state index contributed by atoms with van der Waals surface area (Å²) in [5.41, 5.74) is 3.34. The number of benzene rings is 1. The van der Waals surface area contributed by atoms with Gasteiger partial charge in [-0.2, -0.15) is 0 Å². The van der Waals surface area contributed by atoms with Crippen LogP contribution in [0.5, 0.6) is 0 Å². The number of rotatable bonds is 2. The van der Waals surface area contributed by atoms with Gasteiger partial charge in [-0.1, -0.05) is 29.8 Å². The molecule has 1 aromatic heterocycles. The van der Waals surface area contributed by atoms with E-state index >= 15 is 0 Å². The zero-order chi connectivity index (χ0) is 16.6. The van der Waals surface area contributed by atoms with Crippen LogP contribution in [0.3, 0.4) is 0 Å². The normalized spacial score (nSPS) is 19.8. The van der Waals surface area contributed by atoms with E-state index in [9.17, 15) is 4.79 Å². The van der Waals surface area contributed by atoms with Gasteiger partial charge in [0, 0.05) is 30.6 Å². The van der Waals surface area contributed by atoms with E-state index in [1.54, 1.807) is 11.3 Å². The number of carbonyl (C=O) groups excluding carboxylic acids is 1. The van der Waals surface area contributed by atoms with E-state index in [4.69, 9.17) is 0 Å². The molecule has 0 saturated carbocycles. The quantitative estimate of drug-likeness (QED) is 0.911. The van der Waals surface area contributed by atoms with Crippen LogP contribution in [0, 0.1) is 12.3 Å². The molecule has 0 aliphatic carbocycles. The van der Waals surface area contributed by atoms with Gasteiger partial charge in [0.05, 0.1) is 0 Å². The number of nitrogens with zero attached hydrogens (tertiary/aromatic N) is 2. The topological polar surface area (TPSA) is 45.2 Å². The highest BCUT2D eigenvalue weighted by molar-refractivity contribution is 7.13. The molecule has 24 heavy (non-hydrogen) atoms. The Bertz CT molecular complexity index is 721. The van der Waals surface area contributed by atoms with Crippen molar-refractivity contribution >= 4 is 17.2 Å². The van der Waals surface area contributed by atoms with E-state index in [0.29, 0.717) is 11.1 Å². The van der Waals surface area contributed by atoms with Gasteiger partial charge in [-0.15, -0.1) is 11.3 Å². The molecule has 1 spiro atoms. The van der Waals surface area contributed by atoms with Crippen molar-refractivity contribution in [1.29, 1.82) is 0 Å². The van der Waals surface area contributed by atoms with Gasteiger partial charge in [0.25, 0.3) is 5.91 Å². The maximum Gasteiger partial charge on any atom is 0.273 e. The number of hydrogen-bond donors (Lipinski definition) is 1.